The zero-order valence-corrected chi connectivity index (χ0v) is 23.4. The van der Waals surface area contributed by atoms with E-state index >= 15 is 0 Å². The summed E-state index contributed by atoms with van der Waals surface area (Å²) in [6, 6.07) is 9.66. The highest BCUT2D eigenvalue weighted by Gasteiger charge is 2.35. The van der Waals surface area contributed by atoms with E-state index in [1.807, 2.05) is 12.1 Å². The normalized spacial score (nSPS) is 22.2. The van der Waals surface area contributed by atoms with Crippen molar-refractivity contribution in [3.63, 3.8) is 0 Å². The van der Waals surface area contributed by atoms with Crippen molar-refractivity contribution in [3.05, 3.63) is 58.9 Å². The standard InChI is InChI=1S/C29H41N3O4S/c1-5-36-25-11-7-21(8-12-25)18-32-19-23-15-22(9-14-27(23)28(32)20(3)4)29(33)31-16-24-10-13-26(17-30-24)37(34,35)6-2/h9-10,13-15,17,20-21,25,28H,5-8,11-12,16,18-19H2,1-4H3,(H,31,33)/t21-,25-,28?. The number of carbonyl (C=O) groups is 1. The quantitative estimate of drug-likeness (QED) is 0.472. The number of hydrogen-bond donors (Lipinski definition) is 1. The molecule has 7 nitrogen and oxygen atoms in total. The lowest BCUT2D eigenvalue weighted by atomic mass is 9.86. The summed E-state index contributed by atoms with van der Waals surface area (Å²) in [4.78, 5) is 20.0. The Hall–Kier alpha value is -2.29. The molecule has 1 aromatic carbocycles. The van der Waals surface area contributed by atoms with Gasteiger partial charge < -0.3 is 10.1 Å². The van der Waals surface area contributed by atoms with Crippen molar-refractivity contribution in [2.24, 2.45) is 11.8 Å². The number of rotatable bonds is 10. The van der Waals surface area contributed by atoms with Crippen LogP contribution in [-0.2, 0) is 27.7 Å². The molecule has 0 bridgehead atoms. The van der Waals surface area contributed by atoms with Crippen molar-refractivity contribution < 1.29 is 17.9 Å². The van der Waals surface area contributed by atoms with E-state index in [1.165, 1.54) is 30.2 Å². The topological polar surface area (TPSA) is 88.6 Å². The smallest absolute Gasteiger partial charge is 0.251 e. The first-order valence-corrected chi connectivity index (χ1v) is 15.3. The second-order valence-electron chi connectivity index (χ2n) is 10.7. The molecule has 2 aromatic rings. The fourth-order valence-corrected chi connectivity index (χ4v) is 6.65. The highest BCUT2D eigenvalue weighted by atomic mass is 32.2. The van der Waals surface area contributed by atoms with E-state index in [0.717, 1.165) is 32.5 Å². The Bertz CT molecular complexity index is 1170. The lowest BCUT2D eigenvalue weighted by molar-refractivity contribution is 0.0175. The number of nitrogens with one attached hydrogen (secondary N) is 1. The third-order valence-corrected chi connectivity index (χ3v) is 9.50. The second kappa shape index (κ2) is 12.0. The molecule has 1 aromatic heterocycles. The van der Waals surface area contributed by atoms with E-state index in [9.17, 15) is 13.2 Å². The maximum Gasteiger partial charge on any atom is 0.251 e. The first-order chi connectivity index (χ1) is 17.7. The number of fused-ring (bicyclic) bond motifs is 1. The Morgan fingerprint density at radius 2 is 1.89 bits per heavy atom. The fourth-order valence-electron chi connectivity index (χ4n) is 5.83. The predicted octanol–water partition coefficient (Wildman–Crippen LogP) is 4.91. The molecule has 1 aliphatic carbocycles. The lowest BCUT2D eigenvalue weighted by Crippen LogP contribution is -2.33. The van der Waals surface area contributed by atoms with Crippen LogP contribution in [-0.4, -0.2) is 49.2 Å². The summed E-state index contributed by atoms with van der Waals surface area (Å²) in [7, 11) is -3.28. The van der Waals surface area contributed by atoms with Crippen molar-refractivity contribution in [1.29, 1.82) is 0 Å². The number of ether oxygens (including phenoxy) is 1. The number of carbonyl (C=O) groups excluding carboxylic acids is 1. The molecule has 1 saturated carbocycles. The van der Waals surface area contributed by atoms with Crippen LogP contribution in [0, 0.1) is 11.8 Å². The number of benzene rings is 1. The Morgan fingerprint density at radius 3 is 2.51 bits per heavy atom. The van der Waals surface area contributed by atoms with Crippen LogP contribution in [0.1, 0.15) is 86.6 Å². The zero-order chi connectivity index (χ0) is 26.6. The van der Waals surface area contributed by atoms with Crippen LogP contribution in [0.5, 0.6) is 0 Å². The van der Waals surface area contributed by atoms with E-state index in [-0.39, 0.29) is 23.1 Å². The molecule has 1 aliphatic heterocycles. The molecule has 4 rings (SSSR count). The van der Waals surface area contributed by atoms with E-state index in [0.29, 0.717) is 35.2 Å². The van der Waals surface area contributed by atoms with E-state index in [4.69, 9.17) is 4.74 Å². The highest BCUT2D eigenvalue weighted by molar-refractivity contribution is 7.91. The monoisotopic (exact) mass is 527 g/mol. The molecule has 0 saturated heterocycles. The van der Waals surface area contributed by atoms with Gasteiger partial charge in [-0.05, 0) is 79.8 Å². The van der Waals surface area contributed by atoms with Crippen molar-refractivity contribution >= 4 is 15.7 Å². The maximum absolute atomic E-state index is 12.9. The van der Waals surface area contributed by atoms with Crippen LogP contribution >= 0.6 is 0 Å². The van der Waals surface area contributed by atoms with Crippen LogP contribution in [0.25, 0.3) is 0 Å². The first kappa shape index (κ1) is 27.7. The van der Waals surface area contributed by atoms with E-state index < -0.39 is 9.84 Å². The van der Waals surface area contributed by atoms with Crippen LogP contribution < -0.4 is 5.32 Å². The number of sulfone groups is 1. The van der Waals surface area contributed by atoms with Gasteiger partial charge in [-0.15, -0.1) is 0 Å². The zero-order valence-electron chi connectivity index (χ0n) is 22.6. The minimum Gasteiger partial charge on any atom is -0.379 e. The van der Waals surface area contributed by atoms with Gasteiger partial charge in [0, 0.05) is 37.5 Å². The molecule has 0 radical (unpaired) electrons. The first-order valence-electron chi connectivity index (χ1n) is 13.7. The van der Waals surface area contributed by atoms with Crippen LogP contribution in [0.3, 0.4) is 0 Å². The van der Waals surface area contributed by atoms with Gasteiger partial charge in [-0.2, -0.15) is 0 Å². The van der Waals surface area contributed by atoms with Gasteiger partial charge in [-0.3, -0.25) is 14.7 Å². The van der Waals surface area contributed by atoms with Crippen molar-refractivity contribution in [1.82, 2.24) is 15.2 Å². The maximum atomic E-state index is 12.9. The molecule has 1 amide bonds. The Labute approximate surface area is 221 Å². The minimum absolute atomic E-state index is 0.0349. The molecule has 1 atom stereocenters. The van der Waals surface area contributed by atoms with Gasteiger partial charge in [0.2, 0.25) is 0 Å². The van der Waals surface area contributed by atoms with Gasteiger partial charge in [0.15, 0.2) is 9.84 Å². The fraction of sp³-hybridized carbons (Fsp3) is 0.586. The van der Waals surface area contributed by atoms with Gasteiger partial charge in [-0.25, -0.2) is 8.42 Å². The Balaban J connectivity index is 1.38. The average Bonchev–Trinajstić information content (AvgIpc) is 3.26. The summed E-state index contributed by atoms with van der Waals surface area (Å²) in [6.07, 6.45) is 6.53. The molecule has 2 aliphatic rings. The molecule has 37 heavy (non-hydrogen) atoms. The Kier molecular flexibility index (Phi) is 9.03. The third kappa shape index (κ3) is 6.59. The number of pyridine rings is 1. The van der Waals surface area contributed by atoms with Gasteiger partial charge in [0.05, 0.1) is 29.0 Å². The SMILES string of the molecule is CCO[C@H]1CC[C@H](CN2Cc3cc(C(=O)NCc4ccc(S(=O)(=O)CC)cn4)ccc3C2C(C)C)CC1. The predicted molar refractivity (Wildman–Crippen MR) is 145 cm³/mol. The summed E-state index contributed by atoms with van der Waals surface area (Å²) in [6.45, 7) is 11.3. The van der Waals surface area contributed by atoms with Crippen molar-refractivity contribution in [2.45, 2.75) is 83.5 Å². The number of aromatic nitrogens is 1. The molecule has 2 heterocycles. The van der Waals surface area contributed by atoms with Crippen molar-refractivity contribution in [3.8, 4) is 0 Å². The Morgan fingerprint density at radius 1 is 1.14 bits per heavy atom. The molecule has 202 valence electrons. The highest BCUT2D eigenvalue weighted by Crippen LogP contribution is 2.41. The molecule has 0 spiro atoms. The summed E-state index contributed by atoms with van der Waals surface area (Å²) in [5.74, 6) is 1.07. The minimum atomic E-state index is -3.28. The number of hydrogen-bond acceptors (Lipinski definition) is 6. The van der Waals surface area contributed by atoms with Crippen LogP contribution in [0.15, 0.2) is 41.4 Å². The summed E-state index contributed by atoms with van der Waals surface area (Å²) in [5.41, 5.74) is 3.84. The van der Waals surface area contributed by atoms with Gasteiger partial charge >= 0.3 is 0 Å². The number of nitrogens with zero attached hydrogens (tertiary/aromatic N) is 2. The van der Waals surface area contributed by atoms with Gasteiger partial charge in [-0.1, -0.05) is 26.8 Å². The average molecular weight is 528 g/mol. The molecular formula is C29H41N3O4S. The molecule has 1 unspecified atom stereocenters. The van der Waals surface area contributed by atoms with Crippen LogP contribution in [0.2, 0.25) is 0 Å². The molecular weight excluding hydrogens is 486 g/mol. The van der Waals surface area contributed by atoms with Gasteiger partial charge in [0.1, 0.15) is 0 Å². The number of amides is 1. The van der Waals surface area contributed by atoms with Gasteiger partial charge in [0.25, 0.3) is 5.91 Å². The summed E-state index contributed by atoms with van der Waals surface area (Å²) < 4.78 is 29.8. The summed E-state index contributed by atoms with van der Waals surface area (Å²) >= 11 is 0. The van der Waals surface area contributed by atoms with Crippen LogP contribution in [0.4, 0.5) is 0 Å². The van der Waals surface area contributed by atoms with E-state index in [1.54, 1.807) is 19.1 Å². The van der Waals surface area contributed by atoms with E-state index in [2.05, 4.69) is 42.0 Å². The molecule has 1 N–H and O–H groups in total. The molecule has 1 fully saturated rings. The third-order valence-electron chi connectivity index (χ3n) is 7.78. The lowest BCUT2D eigenvalue weighted by Gasteiger charge is -2.35. The second-order valence-corrected chi connectivity index (χ2v) is 13.0. The largest absolute Gasteiger partial charge is 0.379 e. The van der Waals surface area contributed by atoms with Crippen molar-refractivity contribution in [2.75, 3.05) is 18.9 Å². The molecule has 8 heteroatoms. The summed E-state index contributed by atoms with van der Waals surface area (Å²) in [5, 5.41) is 2.93.